The molecule has 0 aromatic carbocycles. The molecule has 0 aromatic heterocycles. The van der Waals surface area contributed by atoms with Gasteiger partial charge in [-0.2, -0.15) is 0 Å². The van der Waals surface area contributed by atoms with Crippen molar-refractivity contribution in [1.29, 1.82) is 0 Å². The van der Waals surface area contributed by atoms with Crippen LogP contribution in [0.2, 0.25) is 0 Å². The maximum Gasteiger partial charge on any atom is 0.341 e. The predicted octanol–water partition coefficient (Wildman–Crippen LogP) is 5.55. The molecule has 0 spiro atoms. The molecule has 3 heteroatoms. The van der Waals surface area contributed by atoms with Crippen LogP contribution in [0.4, 0.5) is 0 Å². The summed E-state index contributed by atoms with van der Waals surface area (Å²) in [5.74, 6) is 0.888. The van der Waals surface area contributed by atoms with Gasteiger partial charge in [-0.05, 0) is 30.8 Å². The number of carbonyl (C=O) groups is 1. The lowest BCUT2D eigenvalue weighted by Gasteiger charge is -2.18. The van der Waals surface area contributed by atoms with Crippen LogP contribution >= 0.6 is 0 Å². The highest BCUT2D eigenvalue weighted by molar-refractivity contribution is 5.68. The fourth-order valence-electron chi connectivity index (χ4n) is 3.63. The molecule has 3 nitrogen and oxygen atoms in total. The van der Waals surface area contributed by atoms with Crippen molar-refractivity contribution in [2.75, 3.05) is 6.61 Å². The van der Waals surface area contributed by atoms with Gasteiger partial charge in [0.2, 0.25) is 0 Å². The lowest BCUT2D eigenvalue weighted by molar-refractivity contribution is -0.140. The van der Waals surface area contributed by atoms with E-state index in [9.17, 15) is 4.79 Å². The van der Waals surface area contributed by atoms with Gasteiger partial charge in [0, 0.05) is 0 Å². The number of carboxylic acids is 1. The molecule has 128 valence electrons. The molecule has 0 saturated heterocycles. The zero-order valence-corrected chi connectivity index (χ0v) is 14.3. The maximum absolute atomic E-state index is 10.3. The van der Waals surface area contributed by atoms with Crippen molar-refractivity contribution in [3.63, 3.8) is 0 Å². The van der Waals surface area contributed by atoms with Crippen molar-refractivity contribution in [2.24, 2.45) is 11.8 Å². The molecule has 0 aliphatic heterocycles. The number of rotatable bonds is 13. The van der Waals surface area contributed by atoms with Crippen LogP contribution in [-0.4, -0.2) is 17.7 Å². The Balaban J connectivity index is 2.06. The van der Waals surface area contributed by atoms with E-state index in [1.165, 1.54) is 70.6 Å². The van der Waals surface area contributed by atoms with E-state index in [4.69, 9.17) is 9.84 Å². The Morgan fingerprint density at radius 2 is 1.77 bits per heavy atom. The van der Waals surface area contributed by atoms with E-state index in [0.717, 1.165) is 18.3 Å². The van der Waals surface area contributed by atoms with Gasteiger partial charge in [0.15, 0.2) is 6.61 Å². The summed E-state index contributed by atoms with van der Waals surface area (Å²) in [6.45, 7) is 2.03. The number of allylic oxidation sites excluding steroid dienone is 1. The normalized spacial score (nSPS) is 21.5. The molecule has 22 heavy (non-hydrogen) atoms. The Morgan fingerprint density at radius 1 is 1.09 bits per heavy atom. The molecule has 1 aliphatic carbocycles. The van der Waals surface area contributed by atoms with E-state index >= 15 is 0 Å². The average molecular weight is 310 g/mol. The molecule has 0 radical (unpaired) electrons. The minimum Gasteiger partial charge on any atom is -0.490 e. The van der Waals surface area contributed by atoms with Crippen LogP contribution < -0.4 is 0 Å². The summed E-state index contributed by atoms with van der Waals surface area (Å²) in [5.41, 5.74) is 0. The third-order valence-corrected chi connectivity index (χ3v) is 4.85. The average Bonchev–Trinajstić information content (AvgIpc) is 2.93. The predicted molar refractivity (Wildman–Crippen MR) is 90.8 cm³/mol. The quantitative estimate of drug-likeness (QED) is 0.358. The molecule has 1 N–H and O–H groups in total. The molecule has 2 atom stereocenters. The van der Waals surface area contributed by atoms with Gasteiger partial charge >= 0.3 is 5.97 Å². The highest BCUT2D eigenvalue weighted by atomic mass is 16.5. The fraction of sp³-hybridized carbons (Fsp3) is 0.842. The van der Waals surface area contributed by atoms with E-state index in [1.54, 1.807) is 6.26 Å². The molecule has 1 saturated carbocycles. The zero-order valence-electron chi connectivity index (χ0n) is 14.3. The van der Waals surface area contributed by atoms with Crippen molar-refractivity contribution < 1.29 is 14.6 Å². The second-order valence-electron chi connectivity index (χ2n) is 6.66. The summed E-state index contributed by atoms with van der Waals surface area (Å²) in [6.07, 6.45) is 19.7. The molecule has 1 rings (SSSR count). The van der Waals surface area contributed by atoms with Crippen LogP contribution in [0.5, 0.6) is 0 Å². The van der Waals surface area contributed by atoms with E-state index in [1.807, 2.05) is 6.08 Å². The monoisotopic (exact) mass is 310 g/mol. The van der Waals surface area contributed by atoms with Crippen molar-refractivity contribution in [3.05, 3.63) is 12.3 Å². The van der Waals surface area contributed by atoms with Gasteiger partial charge in [0.1, 0.15) is 0 Å². The maximum atomic E-state index is 10.3. The Labute approximate surface area is 136 Å². The minimum absolute atomic E-state index is 0.236. The summed E-state index contributed by atoms with van der Waals surface area (Å²) < 4.78 is 4.92. The lowest BCUT2D eigenvalue weighted by atomic mass is 9.87. The highest BCUT2D eigenvalue weighted by Crippen LogP contribution is 2.38. The Morgan fingerprint density at radius 3 is 2.50 bits per heavy atom. The SMILES string of the molecule is CCCCCCCC[C@H]1CCC[C@@H]1CC/C=C/OCC(=O)O. The molecule has 0 bridgehead atoms. The lowest BCUT2D eigenvalue weighted by Crippen LogP contribution is -2.07. The number of hydrogen-bond acceptors (Lipinski definition) is 2. The van der Waals surface area contributed by atoms with Gasteiger partial charge in [-0.3, -0.25) is 0 Å². The fourth-order valence-corrected chi connectivity index (χ4v) is 3.63. The molecule has 0 heterocycles. The molecule has 1 aliphatic rings. The van der Waals surface area contributed by atoms with E-state index in [2.05, 4.69) is 6.92 Å². The summed E-state index contributed by atoms with van der Waals surface area (Å²) in [7, 11) is 0. The van der Waals surface area contributed by atoms with Crippen molar-refractivity contribution in [3.8, 4) is 0 Å². The third kappa shape index (κ3) is 9.11. The second-order valence-corrected chi connectivity index (χ2v) is 6.66. The van der Waals surface area contributed by atoms with E-state index < -0.39 is 5.97 Å². The standard InChI is InChI=1S/C19H34O3/c1-2-3-4-5-6-7-11-17-13-10-14-18(17)12-8-9-15-22-16-19(20)21/h9,15,17-18H,2-8,10-14,16H2,1H3,(H,20,21)/b15-9+/t17-,18-/m0/s1. The van der Waals surface area contributed by atoms with Crippen LogP contribution in [0, 0.1) is 11.8 Å². The van der Waals surface area contributed by atoms with Gasteiger partial charge < -0.3 is 9.84 Å². The Hall–Kier alpha value is -0.990. The van der Waals surface area contributed by atoms with Gasteiger partial charge in [0.05, 0.1) is 6.26 Å². The van der Waals surface area contributed by atoms with Gasteiger partial charge in [0.25, 0.3) is 0 Å². The molecule has 0 amide bonds. The first-order valence-electron chi connectivity index (χ1n) is 9.22. The van der Waals surface area contributed by atoms with E-state index in [0.29, 0.717) is 0 Å². The summed E-state index contributed by atoms with van der Waals surface area (Å²) in [5, 5.41) is 8.47. The number of carboxylic acid groups (broad SMARTS) is 1. The van der Waals surface area contributed by atoms with Crippen LogP contribution in [0.25, 0.3) is 0 Å². The first-order chi connectivity index (χ1) is 10.7. The van der Waals surface area contributed by atoms with E-state index in [-0.39, 0.29) is 6.61 Å². The first kappa shape index (κ1) is 19.1. The largest absolute Gasteiger partial charge is 0.490 e. The number of aliphatic carboxylic acids is 1. The second kappa shape index (κ2) is 12.5. The molecular formula is C19H34O3. The number of ether oxygens (including phenoxy) is 1. The van der Waals surface area contributed by atoms with Crippen LogP contribution in [0.3, 0.4) is 0 Å². The molecular weight excluding hydrogens is 276 g/mol. The summed E-state index contributed by atoms with van der Waals surface area (Å²) >= 11 is 0. The molecule has 1 fully saturated rings. The van der Waals surface area contributed by atoms with Gasteiger partial charge in [-0.1, -0.05) is 71.1 Å². The minimum atomic E-state index is -0.917. The molecule has 0 unspecified atom stereocenters. The van der Waals surface area contributed by atoms with Crippen LogP contribution in [0.15, 0.2) is 12.3 Å². The van der Waals surface area contributed by atoms with Crippen molar-refractivity contribution >= 4 is 5.97 Å². The number of hydrogen-bond donors (Lipinski definition) is 1. The van der Waals surface area contributed by atoms with Gasteiger partial charge in [-0.15, -0.1) is 0 Å². The van der Waals surface area contributed by atoms with Gasteiger partial charge in [-0.25, -0.2) is 4.79 Å². The van der Waals surface area contributed by atoms with Crippen LogP contribution in [-0.2, 0) is 9.53 Å². The summed E-state index contributed by atoms with van der Waals surface area (Å²) in [4.78, 5) is 10.3. The Bertz CT molecular complexity index is 312. The third-order valence-electron chi connectivity index (χ3n) is 4.85. The Kier molecular flexibility index (Phi) is 10.9. The van der Waals surface area contributed by atoms with Crippen molar-refractivity contribution in [2.45, 2.75) is 84.0 Å². The first-order valence-corrected chi connectivity index (χ1v) is 9.22. The smallest absolute Gasteiger partial charge is 0.341 e. The summed E-state index contributed by atoms with van der Waals surface area (Å²) in [6, 6.07) is 0. The van der Waals surface area contributed by atoms with Crippen LogP contribution in [0.1, 0.15) is 84.0 Å². The number of unbranched alkanes of at least 4 members (excludes halogenated alkanes) is 5. The highest BCUT2D eigenvalue weighted by Gasteiger charge is 2.25. The zero-order chi connectivity index (χ0) is 16.0. The molecule has 0 aromatic rings. The van der Waals surface area contributed by atoms with Crippen molar-refractivity contribution in [1.82, 2.24) is 0 Å². The topological polar surface area (TPSA) is 46.5 Å².